The van der Waals surface area contributed by atoms with E-state index in [1.165, 1.54) is 17.0 Å². The fourth-order valence-electron chi connectivity index (χ4n) is 1.43. The molecule has 1 aromatic rings. The first-order valence-electron chi connectivity index (χ1n) is 4.61. The molecule has 0 spiro atoms. The van der Waals surface area contributed by atoms with Crippen LogP contribution < -0.4 is 0 Å². The quantitative estimate of drug-likeness (QED) is 0.653. The molecule has 0 fully saturated rings. The van der Waals surface area contributed by atoms with Gasteiger partial charge in [0.15, 0.2) is 0 Å². The Morgan fingerprint density at radius 1 is 1.33 bits per heavy atom. The minimum Gasteiger partial charge on any atom is -0.258 e. The van der Waals surface area contributed by atoms with Gasteiger partial charge in [0.05, 0.1) is 0 Å². The van der Waals surface area contributed by atoms with Crippen LogP contribution in [0.25, 0.3) is 0 Å². The molecule has 0 aliphatic rings. The number of rotatable bonds is 2. The van der Waals surface area contributed by atoms with Gasteiger partial charge in [0.25, 0.3) is 0 Å². The fraction of sp³-hybridized carbons (Fsp3) is 0.545. The first kappa shape index (κ1) is 9.24. The Morgan fingerprint density at radius 3 is 2.42 bits per heavy atom. The predicted molar refractivity (Wildman–Crippen MR) is 52.4 cm³/mol. The van der Waals surface area contributed by atoms with E-state index in [-0.39, 0.29) is 0 Å². The van der Waals surface area contributed by atoms with Gasteiger partial charge in [0.2, 0.25) is 0 Å². The summed E-state index contributed by atoms with van der Waals surface area (Å²) in [7, 11) is 0. The van der Waals surface area contributed by atoms with Gasteiger partial charge in [-0.15, -0.1) is 0 Å². The van der Waals surface area contributed by atoms with Crippen molar-refractivity contribution in [1.82, 2.24) is 4.98 Å². The van der Waals surface area contributed by atoms with Gasteiger partial charge < -0.3 is 0 Å². The average molecular weight is 163 g/mol. The monoisotopic (exact) mass is 163 g/mol. The smallest absolute Gasteiger partial charge is 0.0410 e. The molecule has 1 nitrogen and oxygen atoms in total. The molecule has 0 radical (unpaired) electrons. The van der Waals surface area contributed by atoms with Crippen molar-refractivity contribution in [1.29, 1.82) is 0 Å². The van der Waals surface area contributed by atoms with E-state index < -0.39 is 0 Å². The average Bonchev–Trinajstić information content (AvgIpc) is 2.03. The number of aryl methyl sites for hydroxylation is 2. The highest BCUT2D eigenvalue weighted by molar-refractivity contribution is 5.24. The lowest BCUT2D eigenvalue weighted by Crippen LogP contribution is -1.97. The largest absolute Gasteiger partial charge is 0.258 e. The van der Waals surface area contributed by atoms with Gasteiger partial charge in [-0.2, -0.15) is 0 Å². The Balaban J connectivity index is 3.03. The molecule has 0 aliphatic heterocycles. The summed E-state index contributed by atoms with van der Waals surface area (Å²) in [5.41, 5.74) is 3.74. The second-order valence-electron chi connectivity index (χ2n) is 3.49. The van der Waals surface area contributed by atoms with E-state index >= 15 is 0 Å². The van der Waals surface area contributed by atoms with Gasteiger partial charge in [-0.3, -0.25) is 4.98 Å². The summed E-state index contributed by atoms with van der Waals surface area (Å²) >= 11 is 0. The minimum absolute atomic E-state index is 0.586. The Kier molecular flexibility index (Phi) is 2.85. The topological polar surface area (TPSA) is 12.9 Å². The van der Waals surface area contributed by atoms with Gasteiger partial charge in [-0.1, -0.05) is 26.8 Å². The van der Waals surface area contributed by atoms with Gasteiger partial charge in [0.1, 0.15) is 0 Å². The molecule has 0 aliphatic carbocycles. The number of hydrogen-bond donors (Lipinski definition) is 0. The van der Waals surface area contributed by atoms with Crippen LogP contribution in [0.3, 0.4) is 0 Å². The zero-order valence-corrected chi connectivity index (χ0v) is 8.39. The highest BCUT2D eigenvalue weighted by Gasteiger charge is 2.03. The van der Waals surface area contributed by atoms with E-state index in [1.807, 2.05) is 0 Å². The first-order valence-corrected chi connectivity index (χ1v) is 4.61. The summed E-state index contributed by atoms with van der Waals surface area (Å²) in [5, 5.41) is 0. The van der Waals surface area contributed by atoms with Crippen LogP contribution in [-0.4, -0.2) is 4.98 Å². The third-order valence-corrected chi connectivity index (χ3v) is 2.17. The van der Waals surface area contributed by atoms with Crippen LogP contribution in [0, 0.1) is 6.92 Å². The molecule has 0 saturated carbocycles. The Morgan fingerprint density at radius 2 is 2.00 bits per heavy atom. The maximum atomic E-state index is 4.51. The Bertz CT molecular complexity index is 264. The van der Waals surface area contributed by atoms with E-state index in [1.54, 1.807) is 0 Å². The van der Waals surface area contributed by atoms with Crippen LogP contribution in [0.15, 0.2) is 12.1 Å². The minimum atomic E-state index is 0.586. The molecule has 1 aromatic heterocycles. The van der Waals surface area contributed by atoms with Crippen LogP contribution in [-0.2, 0) is 6.42 Å². The molecular formula is C11H17N. The van der Waals surface area contributed by atoms with Crippen molar-refractivity contribution in [3.8, 4) is 0 Å². The number of hydrogen-bond acceptors (Lipinski definition) is 1. The van der Waals surface area contributed by atoms with Crippen LogP contribution in [0.4, 0.5) is 0 Å². The Labute approximate surface area is 74.8 Å². The number of aromatic nitrogens is 1. The zero-order chi connectivity index (χ0) is 9.14. The van der Waals surface area contributed by atoms with E-state index in [0.29, 0.717) is 5.92 Å². The maximum absolute atomic E-state index is 4.51. The lowest BCUT2D eigenvalue weighted by molar-refractivity contribution is 0.833. The lowest BCUT2D eigenvalue weighted by atomic mass is 10.0. The highest BCUT2D eigenvalue weighted by atomic mass is 14.7. The van der Waals surface area contributed by atoms with Gasteiger partial charge >= 0.3 is 0 Å². The highest BCUT2D eigenvalue weighted by Crippen LogP contribution is 2.17. The molecule has 12 heavy (non-hydrogen) atoms. The van der Waals surface area contributed by atoms with Crippen LogP contribution in [0.1, 0.15) is 43.6 Å². The predicted octanol–water partition coefficient (Wildman–Crippen LogP) is 3.08. The molecule has 0 bridgehead atoms. The molecule has 66 valence electrons. The van der Waals surface area contributed by atoms with E-state index in [9.17, 15) is 0 Å². The van der Waals surface area contributed by atoms with Crippen LogP contribution >= 0.6 is 0 Å². The van der Waals surface area contributed by atoms with Crippen molar-refractivity contribution < 1.29 is 0 Å². The van der Waals surface area contributed by atoms with E-state index in [2.05, 4.69) is 44.8 Å². The van der Waals surface area contributed by atoms with Crippen molar-refractivity contribution in [2.45, 2.75) is 40.0 Å². The van der Waals surface area contributed by atoms with Crippen molar-refractivity contribution >= 4 is 0 Å². The molecule has 0 N–H and O–H groups in total. The molecule has 1 heteroatoms. The number of nitrogens with zero attached hydrogens (tertiary/aromatic N) is 1. The van der Waals surface area contributed by atoms with Crippen molar-refractivity contribution in [3.63, 3.8) is 0 Å². The second-order valence-corrected chi connectivity index (χ2v) is 3.49. The third kappa shape index (κ3) is 1.84. The summed E-state index contributed by atoms with van der Waals surface area (Å²) in [6.45, 7) is 8.64. The molecule has 0 saturated heterocycles. The van der Waals surface area contributed by atoms with Gasteiger partial charge in [0, 0.05) is 11.4 Å². The normalized spacial score (nSPS) is 10.8. The van der Waals surface area contributed by atoms with Crippen molar-refractivity contribution in [2.24, 2.45) is 0 Å². The Hall–Kier alpha value is -0.850. The van der Waals surface area contributed by atoms with E-state index in [4.69, 9.17) is 0 Å². The first-order chi connectivity index (χ1) is 5.65. The fourth-order valence-corrected chi connectivity index (χ4v) is 1.43. The van der Waals surface area contributed by atoms with Crippen LogP contribution in [0.5, 0.6) is 0 Å². The van der Waals surface area contributed by atoms with E-state index in [0.717, 1.165) is 6.42 Å². The summed E-state index contributed by atoms with van der Waals surface area (Å²) in [6.07, 6.45) is 1.03. The second kappa shape index (κ2) is 3.70. The maximum Gasteiger partial charge on any atom is 0.0410 e. The summed E-state index contributed by atoms with van der Waals surface area (Å²) in [5.74, 6) is 0.586. The molecule has 0 unspecified atom stereocenters. The van der Waals surface area contributed by atoms with Gasteiger partial charge in [-0.25, -0.2) is 0 Å². The standard InChI is InChI=1S/C11H17N/c1-5-10-6-7-11(8(2)3)9(4)12-10/h6-8H,5H2,1-4H3. The molecular weight excluding hydrogens is 146 g/mol. The molecule has 0 aromatic carbocycles. The van der Waals surface area contributed by atoms with Crippen LogP contribution in [0.2, 0.25) is 0 Å². The van der Waals surface area contributed by atoms with Crippen molar-refractivity contribution in [3.05, 3.63) is 29.1 Å². The SMILES string of the molecule is CCc1ccc(C(C)C)c(C)n1. The summed E-state index contributed by atoms with van der Waals surface area (Å²) in [4.78, 5) is 4.51. The zero-order valence-electron chi connectivity index (χ0n) is 8.39. The summed E-state index contributed by atoms with van der Waals surface area (Å²) < 4.78 is 0. The molecule has 0 atom stereocenters. The summed E-state index contributed by atoms with van der Waals surface area (Å²) in [6, 6.07) is 4.33. The van der Waals surface area contributed by atoms with Crippen molar-refractivity contribution in [2.75, 3.05) is 0 Å². The van der Waals surface area contributed by atoms with Gasteiger partial charge in [-0.05, 0) is 30.9 Å². The lowest BCUT2D eigenvalue weighted by Gasteiger charge is -2.09. The third-order valence-electron chi connectivity index (χ3n) is 2.17. The molecule has 1 rings (SSSR count). The number of pyridine rings is 1. The molecule has 0 amide bonds. The molecule has 1 heterocycles.